The topological polar surface area (TPSA) is 114 Å². The molecule has 4 N–H and O–H groups in total. The molecule has 2 aromatic carbocycles. The predicted octanol–water partition coefficient (Wildman–Crippen LogP) is 2.47. The Labute approximate surface area is 157 Å². The van der Waals surface area contributed by atoms with Crippen LogP contribution in [-0.4, -0.2) is 14.3 Å². The molecule has 8 heteroatoms. The summed E-state index contributed by atoms with van der Waals surface area (Å²) >= 11 is 0. The Balaban J connectivity index is 1.63. The van der Waals surface area contributed by atoms with Gasteiger partial charge >= 0.3 is 0 Å². The van der Waals surface area contributed by atoms with E-state index in [0.717, 1.165) is 28.5 Å². The molecule has 0 atom stereocenters. The molecule has 0 bridgehead atoms. The highest BCUT2D eigenvalue weighted by Crippen LogP contribution is 2.23. The first-order valence-corrected chi connectivity index (χ1v) is 10.0. The monoisotopic (exact) mass is 387 g/mol. The van der Waals surface area contributed by atoms with Crippen molar-refractivity contribution in [1.82, 2.24) is 5.32 Å². The molecule has 0 aliphatic rings. The van der Waals surface area contributed by atoms with Gasteiger partial charge in [0.25, 0.3) is 10.2 Å². The molecule has 1 amide bonds. The van der Waals surface area contributed by atoms with E-state index in [9.17, 15) is 13.2 Å². The summed E-state index contributed by atoms with van der Waals surface area (Å²) in [6.45, 7) is 2.35. The molecule has 0 aliphatic heterocycles. The lowest BCUT2D eigenvalue weighted by Gasteiger charge is -2.08. The predicted molar refractivity (Wildman–Crippen MR) is 104 cm³/mol. The van der Waals surface area contributed by atoms with Crippen molar-refractivity contribution in [3.8, 4) is 0 Å². The number of hydrogen-bond donors (Lipinski definition) is 3. The van der Waals surface area contributed by atoms with Gasteiger partial charge in [0, 0.05) is 17.5 Å². The van der Waals surface area contributed by atoms with Crippen LogP contribution < -0.4 is 15.2 Å². The summed E-state index contributed by atoms with van der Waals surface area (Å²) in [7, 11) is -3.83. The van der Waals surface area contributed by atoms with Crippen molar-refractivity contribution in [3.63, 3.8) is 0 Å². The van der Waals surface area contributed by atoms with Gasteiger partial charge in [0.05, 0.1) is 18.4 Å². The zero-order chi connectivity index (χ0) is 19.4. The molecule has 3 rings (SSSR count). The van der Waals surface area contributed by atoms with E-state index in [-0.39, 0.29) is 18.9 Å². The van der Waals surface area contributed by atoms with Crippen LogP contribution in [0.3, 0.4) is 0 Å². The standard InChI is InChI=1S/C19H21N3O4S/c1-2-13-6-7-17-15(12-26-18(17)9-13)10-19(23)21-11-14-4-3-5-16(8-14)22-27(20,24)25/h3-9,12,22H,2,10-11H2,1H3,(H,21,23)(H2,20,24,25). The van der Waals surface area contributed by atoms with Gasteiger partial charge in [-0.2, -0.15) is 8.42 Å². The van der Waals surface area contributed by atoms with Gasteiger partial charge in [-0.05, 0) is 35.7 Å². The Morgan fingerprint density at radius 2 is 1.96 bits per heavy atom. The third-order valence-corrected chi connectivity index (χ3v) is 4.68. The third-order valence-electron chi connectivity index (χ3n) is 4.16. The molecule has 1 aromatic heterocycles. The van der Waals surface area contributed by atoms with E-state index in [1.807, 2.05) is 18.2 Å². The van der Waals surface area contributed by atoms with Gasteiger partial charge < -0.3 is 9.73 Å². The highest BCUT2D eigenvalue weighted by Gasteiger charge is 2.11. The summed E-state index contributed by atoms with van der Waals surface area (Å²) in [6, 6.07) is 12.7. The molecule has 0 aliphatic carbocycles. The number of fused-ring (bicyclic) bond motifs is 1. The Morgan fingerprint density at radius 1 is 1.15 bits per heavy atom. The molecule has 0 saturated heterocycles. The van der Waals surface area contributed by atoms with E-state index in [1.54, 1.807) is 30.5 Å². The average molecular weight is 387 g/mol. The molecule has 0 spiro atoms. The number of aryl methyl sites for hydroxylation is 1. The molecule has 1 heterocycles. The number of amides is 1. The number of carbonyl (C=O) groups excluding carboxylic acids is 1. The summed E-state index contributed by atoms with van der Waals surface area (Å²) in [5, 5.41) is 8.72. The third kappa shape index (κ3) is 5.08. The van der Waals surface area contributed by atoms with E-state index >= 15 is 0 Å². The fraction of sp³-hybridized carbons (Fsp3) is 0.211. The van der Waals surface area contributed by atoms with Crippen molar-refractivity contribution in [2.45, 2.75) is 26.3 Å². The number of hydrogen-bond acceptors (Lipinski definition) is 4. The molecule has 27 heavy (non-hydrogen) atoms. The minimum Gasteiger partial charge on any atom is -0.464 e. The number of nitrogens with two attached hydrogens (primary N) is 1. The van der Waals surface area contributed by atoms with E-state index in [1.165, 1.54) is 5.56 Å². The van der Waals surface area contributed by atoms with Crippen molar-refractivity contribution in [2.24, 2.45) is 5.14 Å². The number of carbonyl (C=O) groups is 1. The minimum absolute atomic E-state index is 0.151. The van der Waals surface area contributed by atoms with E-state index < -0.39 is 10.2 Å². The molecule has 3 aromatic rings. The fourth-order valence-corrected chi connectivity index (χ4v) is 3.29. The molecule has 7 nitrogen and oxygen atoms in total. The zero-order valence-corrected chi connectivity index (χ0v) is 15.7. The maximum absolute atomic E-state index is 12.3. The smallest absolute Gasteiger partial charge is 0.296 e. The lowest BCUT2D eigenvalue weighted by atomic mass is 10.1. The minimum atomic E-state index is -3.83. The quantitative estimate of drug-likeness (QED) is 0.578. The number of furan rings is 1. The second-order valence-corrected chi connectivity index (χ2v) is 7.54. The normalized spacial score (nSPS) is 11.5. The van der Waals surface area contributed by atoms with Crippen LogP contribution in [0, 0.1) is 0 Å². The summed E-state index contributed by atoms with van der Waals surface area (Å²) < 4.78 is 29.9. The van der Waals surface area contributed by atoms with Gasteiger partial charge in [0.15, 0.2) is 0 Å². The fourth-order valence-electron chi connectivity index (χ4n) is 2.83. The lowest BCUT2D eigenvalue weighted by molar-refractivity contribution is -0.120. The lowest BCUT2D eigenvalue weighted by Crippen LogP contribution is -2.25. The highest BCUT2D eigenvalue weighted by atomic mass is 32.2. The molecular weight excluding hydrogens is 366 g/mol. The number of rotatable bonds is 7. The average Bonchev–Trinajstić information content (AvgIpc) is 3.01. The van der Waals surface area contributed by atoms with E-state index in [0.29, 0.717) is 5.69 Å². The van der Waals surface area contributed by atoms with Crippen LogP contribution in [0.2, 0.25) is 0 Å². The first kappa shape index (κ1) is 18.9. The van der Waals surface area contributed by atoms with Gasteiger partial charge in [-0.15, -0.1) is 0 Å². The van der Waals surface area contributed by atoms with Gasteiger partial charge in [-0.3, -0.25) is 9.52 Å². The van der Waals surface area contributed by atoms with Crippen molar-refractivity contribution in [2.75, 3.05) is 4.72 Å². The molecule has 0 saturated carbocycles. The summed E-state index contributed by atoms with van der Waals surface area (Å²) in [4.78, 5) is 12.3. The number of benzene rings is 2. The van der Waals surface area contributed by atoms with Crippen LogP contribution in [-0.2, 0) is 34.4 Å². The van der Waals surface area contributed by atoms with E-state index in [2.05, 4.69) is 17.0 Å². The summed E-state index contributed by atoms with van der Waals surface area (Å²) in [6.07, 6.45) is 2.74. The molecule has 0 unspecified atom stereocenters. The molecular formula is C19H21N3O4S. The first-order chi connectivity index (χ1) is 12.8. The molecule has 0 fully saturated rings. The maximum Gasteiger partial charge on any atom is 0.296 e. The zero-order valence-electron chi connectivity index (χ0n) is 14.9. The number of nitrogens with one attached hydrogen (secondary N) is 2. The molecule has 0 radical (unpaired) electrons. The van der Waals surface area contributed by atoms with Gasteiger partial charge in [0.2, 0.25) is 5.91 Å². The van der Waals surface area contributed by atoms with Crippen molar-refractivity contribution in [1.29, 1.82) is 0 Å². The number of anilines is 1. The maximum atomic E-state index is 12.3. The van der Waals surface area contributed by atoms with Gasteiger partial charge in [0.1, 0.15) is 5.58 Å². The van der Waals surface area contributed by atoms with Gasteiger partial charge in [-0.1, -0.05) is 31.2 Å². The van der Waals surface area contributed by atoms with E-state index in [4.69, 9.17) is 9.56 Å². The Morgan fingerprint density at radius 3 is 2.70 bits per heavy atom. The Kier molecular flexibility index (Phi) is 5.48. The van der Waals surface area contributed by atoms with Crippen LogP contribution in [0.25, 0.3) is 11.0 Å². The molecule has 142 valence electrons. The van der Waals surface area contributed by atoms with Gasteiger partial charge in [-0.25, -0.2) is 5.14 Å². The second kappa shape index (κ2) is 7.81. The van der Waals surface area contributed by atoms with Crippen molar-refractivity contribution >= 4 is 32.8 Å². The van der Waals surface area contributed by atoms with Crippen molar-refractivity contribution in [3.05, 3.63) is 65.4 Å². The van der Waals surface area contributed by atoms with Crippen molar-refractivity contribution < 1.29 is 17.6 Å². The summed E-state index contributed by atoms with van der Waals surface area (Å²) in [5.74, 6) is -0.151. The Bertz CT molecular complexity index is 1070. The highest BCUT2D eigenvalue weighted by molar-refractivity contribution is 7.90. The Hall–Kier alpha value is -2.84. The first-order valence-electron chi connectivity index (χ1n) is 8.49. The van der Waals surface area contributed by atoms with Crippen LogP contribution in [0.1, 0.15) is 23.6 Å². The summed E-state index contributed by atoms with van der Waals surface area (Å²) in [5.41, 5.74) is 3.88. The van der Waals surface area contributed by atoms with Crippen LogP contribution >= 0.6 is 0 Å². The van der Waals surface area contributed by atoms with Crippen LogP contribution in [0.4, 0.5) is 5.69 Å². The second-order valence-electron chi connectivity index (χ2n) is 6.25. The van der Waals surface area contributed by atoms with Crippen LogP contribution in [0.5, 0.6) is 0 Å². The largest absolute Gasteiger partial charge is 0.464 e. The SMILES string of the molecule is CCc1ccc2c(CC(=O)NCc3cccc(NS(N)(=O)=O)c3)coc2c1. The van der Waals surface area contributed by atoms with Crippen LogP contribution in [0.15, 0.2) is 53.1 Å².